The molecule has 0 aliphatic heterocycles. The van der Waals surface area contributed by atoms with Crippen LogP contribution in [0.4, 0.5) is 0 Å². The van der Waals surface area contributed by atoms with Crippen molar-refractivity contribution in [3.63, 3.8) is 0 Å². The summed E-state index contributed by atoms with van der Waals surface area (Å²) in [6.45, 7) is 9.73. The van der Waals surface area contributed by atoms with E-state index in [0.29, 0.717) is 36.0 Å². The highest BCUT2D eigenvalue weighted by Crippen LogP contribution is 2.23. The third-order valence-corrected chi connectivity index (χ3v) is 6.67. The van der Waals surface area contributed by atoms with Gasteiger partial charge in [-0.2, -0.15) is 0 Å². The molecule has 33 heavy (non-hydrogen) atoms. The fourth-order valence-corrected chi connectivity index (χ4v) is 4.61. The van der Waals surface area contributed by atoms with Crippen molar-refractivity contribution in [2.45, 2.75) is 78.3 Å². The molecular formula is C25H39N5O3. The van der Waals surface area contributed by atoms with Crippen LogP contribution in [0.1, 0.15) is 81.8 Å². The first-order valence-corrected chi connectivity index (χ1v) is 12.2. The zero-order valence-electron chi connectivity index (χ0n) is 21.0. The van der Waals surface area contributed by atoms with Crippen molar-refractivity contribution >= 4 is 16.9 Å². The molecule has 1 N–H and O–H groups in total. The molecule has 1 fully saturated rings. The Kier molecular flexibility index (Phi) is 8.10. The van der Waals surface area contributed by atoms with Crippen LogP contribution in [0.2, 0.25) is 0 Å². The number of aromatic nitrogens is 3. The molecule has 2 aromatic heterocycles. The second kappa shape index (κ2) is 10.6. The molecule has 182 valence electrons. The Morgan fingerprint density at radius 1 is 1.12 bits per heavy atom. The molecule has 1 aliphatic carbocycles. The van der Waals surface area contributed by atoms with E-state index in [1.807, 2.05) is 27.7 Å². The number of nitrogens with one attached hydrogen (secondary N) is 1. The van der Waals surface area contributed by atoms with E-state index < -0.39 is 11.2 Å². The third-order valence-electron chi connectivity index (χ3n) is 6.67. The predicted octanol–water partition coefficient (Wildman–Crippen LogP) is 3.20. The van der Waals surface area contributed by atoms with Gasteiger partial charge in [-0.15, -0.1) is 0 Å². The Morgan fingerprint density at radius 2 is 1.79 bits per heavy atom. The monoisotopic (exact) mass is 457 g/mol. The molecule has 8 nitrogen and oxygen atoms in total. The topological polar surface area (TPSA) is 91.3 Å². The number of H-pyrrole nitrogens is 1. The van der Waals surface area contributed by atoms with Gasteiger partial charge in [-0.3, -0.25) is 19.1 Å². The van der Waals surface area contributed by atoms with Crippen molar-refractivity contribution in [1.82, 2.24) is 24.3 Å². The lowest BCUT2D eigenvalue weighted by molar-refractivity contribution is 0.0769. The van der Waals surface area contributed by atoms with Crippen LogP contribution in [-0.2, 0) is 6.54 Å². The number of carbonyl (C=O) groups is 1. The van der Waals surface area contributed by atoms with Crippen molar-refractivity contribution in [2.24, 2.45) is 5.92 Å². The van der Waals surface area contributed by atoms with Gasteiger partial charge in [0.05, 0.1) is 10.9 Å². The Balaban J connectivity index is 1.97. The summed E-state index contributed by atoms with van der Waals surface area (Å²) in [5, 5.41) is 0.192. The second-order valence-corrected chi connectivity index (χ2v) is 10.2. The first kappa shape index (κ1) is 25.1. The zero-order chi connectivity index (χ0) is 24.3. The third kappa shape index (κ3) is 5.72. The van der Waals surface area contributed by atoms with Crippen molar-refractivity contribution in [2.75, 3.05) is 27.2 Å². The summed E-state index contributed by atoms with van der Waals surface area (Å²) in [5.41, 5.74) is 0.246. The molecular weight excluding hydrogens is 418 g/mol. The molecule has 0 spiro atoms. The maximum absolute atomic E-state index is 13.5. The lowest BCUT2D eigenvalue weighted by atomic mass is 9.94. The van der Waals surface area contributed by atoms with Crippen molar-refractivity contribution in [3.8, 4) is 0 Å². The van der Waals surface area contributed by atoms with Gasteiger partial charge in [0.1, 0.15) is 0 Å². The predicted molar refractivity (Wildman–Crippen MR) is 132 cm³/mol. The minimum Gasteiger partial charge on any atom is -0.340 e. The van der Waals surface area contributed by atoms with E-state index in [0.717, 1.165) is 6.54 Å². The van der Waals surface area contributed by atoms with Gasteiger partial charge >= 0.3 is 5.69 Å². The van der Waals surface area contributed by atoms with Crippen LogP contribution in [0.5, 0.6) is 0 Å². The van der Waals surface area contributed by atoms with Crippen LogP contribution >= 0.6 is 0 Å². The molecule has 2 heterocycles. The van der Waals surface area contributed by atoms with E-state index in [1.54, 1.807) is 18.0 Å². The Bertz CT molecular complexity index is 1100. The molecule has 0 atom stereocenters. The maximum atomic E-state index is 13.5. The second-order valence-electron chi connectivity index (χ2n) is 10.2. The van der Waals surface area contributed by atoms with Gasteiger partial charge in [0.2, 0.25) is 0 Å². The summed E-state index contributed by atoms with van der Waals surface area (Å²) in [6.07, 6.45) is 6.27. The fraction of sp³-hybridized carbons (Fsp3) is 0.680. The van der Waals surface area contributed by atoms with Gasteiger partial charge in [0.15, 0.2) is 5.65 Å². The van der Waals surface area contributed by atoms with Gasteiger partial charge in [-0.1, -0.05) is 47.0 Å². The van der Waals surface area contributed by atoms with Crippen molar-refractivity contribution < 1.29 is 4.79 Å². The van der Waals surface area contributed by atoms with E-state index in [9.17, 15) is 14.4 Å². The smallest absolute Gasteiger partial charge is 0.330 e. The molecule has 2 aromatic rings. The lowest BCUT2D eigenvalue weighted by Gasteiger charge is -2.32. The van der Waals surface area contributed by atoms with E-state index >= 15 is 0 Å². The van der Waals surface area contributed by atoms with Crippen LogP contribution in [0, 0.1) is 5.92 Å². The van der Waals surface area contributed by atoms with Crippen LogP contribution in [0.3, 0.4) is 0 Å². The highest BCUT2D eigenvalue weighted by atomic mass is 16.2. The number of likely N-dealkylation sites (N-methyl/N-ethyl adjacent to an activating group) is 2. The number of aromatic amines is 1. The summed E-state index contributed by atoms with van der Waals surface area (Å²) in [4.78, 5) is 50.0. The molecule has 0 unspecified atom stereocenters. The minimum absolute atomic E-state index is 0.0468. The SMILES string of the molecule is CC(C)Cn1c(=O)[nH]c(=O)c2c(C(=O)N(C)CCN(C)C3CCCCC3)cc(C(C)C)nc21. The molecule has 0 saturated heterocycles. The number of hydrogen-bond donors (Lipinski definition) is 1. The van der Waals surface area contributed by atoms with Gasteiger partial charge in [0.25, 0.3) is 11.5 Å². The summed E-state index contributed by atoms with van der Waals surface area (Å²) in [7, 11) is 3.90. The molecule has 0 aromatic carbocycles. The highest BCUT2D eigenvalue weighted by molar-refractivity contribution is 6.05. The summed E-state index contributed by atoms with van der Waals surface area (Å²) < 4.78 is 1.49. The van der Waals surface area contributed by atoms with Crippen molar-refractivity contribution in [1.29, 1.82) is 0 Å². The summed E-state index contributed by atoms with van der Waals surface area (Å²) in [5.74, 6) is 0.00521. The quantitative estimate of drug-likeness (QED) is 0.657. The summed E-state index contributed by atoms with van der Waals surface area (Å²) in [6, 6.07) is 2.29. The van der Waals surface area contributed by atoms with Crippen LogP contribution < -0.4 is 11.2 Å². The number of fused-ring (bicyclic) bond motifs is 1. The van der Waals surface area contributed by atoms with Crippen LogP contribution in [0.25, 0.3) is 11.0 Å². The van der Waals surface area contributed by atoms with E-state index in [2.05, 4.69) is 21.9 Å². The minimum atomic E-state index is -0.561. The van der Waals surface area contributed by atoms with E-state index in [-0.39, 0.29) is 23.1 Å². The van der Waals surface area contributed by atoms with Gasteiger partial charge in [-0.25, -0.2) is 9.78 Å². The number of hydrogen-bond acceptors (Lipinski definition) is 5. The molecule has 0 radical (unpaired) electrons. The largest absolute Gasteiger partial charge is 0.340 e. The molecule has 8 heteroatoms. The highest BCUT2D eigenvalue weighted by Gasteiger charge is 2.24. The normalized spacial score (nSPS) is 15.2. The molecule has 1 aliphatic rings. The lowest BCUT2D eigenvalue weighted by Crippen LogP contribution is -2.40. The Labute approximate surface area is 196 Å². The van der Waals surface area contributed by atoms with Gasteiger partial charge < -0.3 is 9.80 Å². The molecule has 1 saturated carbocycles. The molecule has 3 rings (SSSR count). The number of nitrogens with zero attached hydrogens (tertiary/aromatic N) is 4. The maximum Gasteiger partial charge on any atom is 0.330 e. The fourth-order valence-electron chi connectivity index (χ4n) is 4.61. The van der Waals surface area contributed by atoms with E-state index in [1.165, 1.54) is 36.7 Å². The Hall–Kier alpha value is -2.48. The standard InChI is InChI=1S/C25H39N5O3/c1-16(2)15-30-22-21(23(31)27-25(30)33)19(14-20(26-22)17(3)4)24(32)29(6)13-12-28(5)18-10-8-7-9-11-18/h14,16-18H,7-13,15H2,1-6H3,(H,27,31,33). The van der Waals surface area contributed by atoms with E-state index in [4.69, 9.17) is 0 Å². The van der Waals surface area contributed by atoms with Gasteiger partial charge in [-0.05, 0) is 37.8 Å². The zero-order valence-corrected chi connectivity index (χ0v) is 21.0. The molecule has 1 amide bonds. The average Bonchev–Trinajstić information content (AvgIpc) is 2.78. The first-order valence-electron chi connectivity index (χ1n) is 12.2. The average molecular weight is 458 g/mol. The van der Waals surface area contributed by atoms with Gasteiger partial charge in [0, 0.05) is 38.4 Å². The van der Waals surface area contributed by atoms with Crippen LogP contribution in [-0.4, -0.2) is 63.5 Å². The number of rotatable bonds is 8. The summed E-state index contributed by atoms with van der Waals surface area (Å²) >= 11 is 0. The van der Waals surface area contributed by atoms with Crippen LogP contribution in [0.15, 0.2) is 15.7 Å². The number of pyridine rings is 1. The Morgan fingerprint density at radius 3 is 2.39 bits per heavy atom. The van der Waals surface area contributed by atoms with Crippen molar-refractivity contribution in [3.05, 3.63) is 38.2 Å². The number of amides is 1. The number of carbonyl (C=O) groups excluding carboxylic acids is 1. The first-order chi connectivity index (χ1) is 15.6. The molecule has 0 bridgehead atoms.